The molecule has 0 heterocycles. The van der Waals surface area contributed by atoms with Crippen LogP contribution in [0.4, 0.5) is 0 Å². The zero-order valence-corrected chi connectivity index (χ0v) is 17.6. The van der Waals surface area contributed by atoms with Crippen LogP contribution < -0.4 is 4.74 Å². The minimum atomic E-state index is -0.258. The highest BCUT2D eigenvalue weighted by Crippen LogP contribution is 2.27. The summed E-state index contributed by atoms with van der Waals surface area (Å²) in [5, 5.41) is 9.19. The summed E-state index contributed by atoms with van der Waals surface area (Å²) in [7, 11) is 0. The first-order valence-corrected chi connectivity index (χ1v) is 10.1. The van der Waals surface area contributed by atoms with Crippen molar-refractivity contribution in [3.63, 3.8) is 0 Å². The number of carbonyl (C=O) groups excluding carboxylic acids is 2. The zero-order valence-electron chi connectivity index (χ0n) is 17.6. The molecule has 0 saturated heterocycles. The lowest BCUT2D eigenvalue weighted by Crippen LogP contribution is -2.11. The number of allylic oxidation sites excluding steroid dienone is 4. The van der Waals surface area contributed by atoms with Gasteiger partial charge in [0.1, 0.15) is 17.9 Å². The Morgan fingerprint density at radius 1 is 1.13 bits per heavy atom. The first kappa shape index (κ1) is 21.3. The number of rotatable bonds is 7. The lowest BCUT2D eigenvalue weighted by atomic mass is 9.89. The Hall–Kier alpha value is -3.45. The van der Waals surface area contributed by atoms with E-state index in [0.717, 1.165) is 22.3 Å². The van der Waals surface area contributed by atoms with Gasteiger partial charge < -0.3 is 4.74 Å². The molecule has 0 fully saturated rings. The minimum absolute atomic E-state index is 0.0179. The van der Waals surface area contributed by atoms with Crippen LogP contribution in [0.1, 0.15) is 67.6 Å². The van der Waals surface area contributed by atoms with Crippen LogP contribution in [0.3, 0.4) is 0 Å². The van der Waals surface area contributed by atoms with Crippen molar-refractivity contribution in [1.82, 2.24) is 0 Å². The Morgan fingerprint density at radius 3 is 2.50 bits per heavy atom. The van der Waals surface area contributed by atoms with Gasteiger partial charge in [-0.25, -0.2) is 0 Å². The van der Waals surface area contributed by atoms with Gasteiger partial charge in [-0.05, 0) is 56.0 Å². The van der Waals surface area contributed by atoms with Crippen LogP contribution in [0, 0.1) is 11.3 Å². The number of carbonyl (C=O) groups is 2. The van der Waals surface area contributed by atoms with Gasteiger partial charge in [0.25, 0.3) is 0 Å². The predicted molar refractivity (Wildman–Crippen MR) is 116 cm³/mol. The average Bonchev–Trinajstić information content (AvgIpc) is 2.73. The van der Waals surface area contributed by atoms with Crippen LogP contribution in [0.25, 0.3) is 0 Å². The maximum Gasteiger partial charge on any atom is 0.163 e. The summed E-state index contributed by atoms with van der Waals surface area (Å²) in [6, 6.07) is 16.6. The van der Waals surface area contributed by atoms with Gasteiger partial charge >= 0.3 is 0 Å². The predicted octanol–water partition coefficient (Wildman–Crippen LogP) is 5.90. The molecule has 0 aromatic heterocycles. The second-order valence-electron chi connectivity index (χ2n) is 7.67. The Bertz CT molecular complexity index is 1070. The molecular weight excluding hydrogens is 374 g/mol. The number of nitrogens with zero attached hydrogens (tertiary/aromatic N) is 1. The molecule has 2 aromatic rings. The molecule has 1 atom stereocenters. The van der Waals surface area contributed by atoms with Crippen LogP contribution >= 0.6 is 0 Å². The van der Waals surface area contributed by atoms with Crippen molar-refractivity contribution in [2.24, 2.45) is 0 Å². The maximum atomic E-state index is 12.6. The van der Waals surface area contributed by atoms with Gasteiger partial charge in [0.2, 0.25) is 0 Å². The third-order valence-electron chi connectivity index (χ3n) is 5.33. The molecule has 0 unspecified atom stereocenters. The zero-order chi connectivity index (χ0) is 21.7. The molecule has 2 aromatic carbocycles. The lowest BCUT2D eigenvalue weighted by Gasteiger charge is -2.16. The summed E-state index contributed by atoms with van der Waals surface area (Å²) in [4.78, 5) is 24.8. The van der Waals surface area contributed by atoms with Crippen LogP contribution in [-0.2, 0) is 4.79 Å². The highest BCUT2D eigenvalue weighted by atomic mass is 16.5. The normalized spacial score (nSPS) is 14.7. The van der Waals surface area contributed by atoms with Gasteiger partial charge in [0.15, 0.2) is 11.6 Å². The van der Waals surface area contributed by atoms with Crippen LogP contribution in [0.5, 0.6) is 5.75 Å². The number of nitriles is 1. The van der Waals surface area contributed by atoms with Crippen molar-refractivity contribution < 1.29 is 14.3 Å². The van der Waals surface area contributed by atoms with Crippen molar-refractivity contribution >= 4 is 11.6 Å². The minimum Gasteiger partial charge on any atom is -0.485 e. The SMILES string of the molecule is CC1=CC(C)=C(CCC(=O)c2ccc([C@@H](C)Oc3ccccc3C#N)cc2)C(=O)C1. The molecule has 3 rings (SSSR count). The second-order valence-corrected chi connectivity index (χ2v) is 7.67. The highest BCUT2D eigenvalue weighted by molar-refractivity contribution is 6.01. The van der Waals surface area contributed by atoms with Crippen molar-refractivity contribution in [3.05, 3.63) is 88.0 Å². The van der Waals surface area contributed by atoms with Crippen LogP contribution in [0.15, 0.2) is 71.3 Å². The van der Waals surface area contributed by atoms with E-state index in [1.165, 1.54) is 0 Å². The summed E-state index contributed by atoms with van der Waals surface area (Å²) in [6.45, 7) is 5.79. The van der Waals surface area contributed by atoms with E-state index in [2.05, 4.69) is 6.07 Å². The Balaban J connectivity index is 1.64. The van der Waals surface area contributed by atoms with E-state index >= 15 is 0 Å². The van der Waals surface area contributed by atoms with E-state index in [1.54, 1.807) is 30.3 Å². The molecule has 4 heteroatoms. The molecule has 0 bridgehead atoms. The number of para-hydroxylation sites is 1. The van der Waals surface area contributed by atoms with Gasteiger partial charge in [-0.3, -0.25) is 9.59 Å². The Labute approximate surface area is 177 Å². The summed E-state index contributed by atoms with van der Waals surface area (Å²) < 4.78 is 5.93. The standard InChI is InChI=1S/C26H25NO3/c1-17-14-18(2)23(25(29)15-17)12-13-24(28)21-10-8-20(9-11-21)19(3)30-26-7-5-4-6-22(26)16-27/h4-11,14,19H,12-13,15H2,1-3H3/t19-/m1/s1. The van der Waals surface area contributed by atoms with E-state index in [9.17, 15) is 14.9 Å². The molecule has 0 N–H and O–H groups in total. The average molecular weight is 399 g/mol. The quantitative estimate of drug-likeness (QED) is 0.544. The number of ether oxygens (including phenoxy) is 1. The first-order chi connectivity index (χ1) is 14.4. The van der Waals surface area contributed by atoms with Crippen LogP contribution in [0.2, 0.25) is 0 Å². The third-order valence-corrected chi connectivity index (χ3v) is 5.33. The molecular formula is C26H25NO3. The van der Waals surface area contributed by atoms with Crippen molar-refractivity contribution in [1.29, 1.82) is 5.26 Å². The van der Waals surface area contributed by atoms with Gasteiger partial charge in [-0.15, -0.1) is 0 Å². The number of Topliss-reactive ketones (excluding diaryl/α,β-unsaturated/α-hetero) is 2. The highest BCUT2D eigenvalue weighted by Gasteiger charge is 2.19. The Kier molecular flexibility index (Phi) is 6.64. The first-order valence-electron chi connectivity index (χ1n) is 10.1. The van der Waals surface area contributed by atoms with Crippen LogP contribution in [-0.4, -0.2) is 11.6 Å². The van der Waals surface area contributed by atoms with Gasteiger partial charge in [0.05, 0.1) is 5.56 Å². The fourth-order valence-corrected chi connectivity index (χ4v) is 3.67. The molecule has 30 heavy (non-hydrogen) atoms. The summed E-state index contributed by atoms with van der Waals surface area (Å²) in [5.41, 5.74) is 4.83. The second kappa shape index (κ2) is 9.37. The number of hydrogen-bond donors (Lipinski definition) is 0. The number of ketones is 2. The van der Waals surface area contributed by atoms with Crippen molar-refractivity contribution in [2.75, 3.05) is 0 Å². The van der Waals surface area contributed by atoms with E-state index < -0.39 is 0 Å². The molecule has 0 amide bonds. The van der Waals surface area contributed by atoms with E-state index in [1.807, 2.05) is 45.0 Å². The number of hydrogen-bond acceptors (Lipinski definition) is 4. The van der Waals surface area contributed by atoms with Crippen molar-refractivity contribution in [3.8, 4) is 11.8 Å². The summed E-state index contributed by atoms with van der Waals surface area (Å²) >= 11 is 0. The van der Waals surface area contributed by atoms with Gasteiger partial charge in [-0.1, -0.05) is 48.0 Å². The number of benzene rings is 2. The summed E-state index contributed by atoms with van der Waals surface area (Å²) in [5.74, 6) is 0.682. The largest absolute Gasteiger partial charge is 0.485 e. The smallest absolute Gasteiger partial charge is 0.163 e. The lowest BCUT2D eigenvalue weighted by molar-refractivity contribution is -0.115. The summed E-state index contributed by atoms with van der Waals surface area (Å²) in [6.07, 6.45) is 3.00. The van der Waals surface area contributed by atoms with E-state index in [0.29, 0.717) is 36.1 Å². The molecule has 4 nitrogen and oxygen atoms in total. The van der Waals surface area contributed by atoms with Gasteiger partial charge in [0, 0.05) is 18.4 Å². The molecule has 0 aliphatic heterocycles. The molecule has 0 radical (unpaired) electrons. The Morgan fingerprint density at radius 2 is 1.83 bits per heavy atom. The van der Waals surface area contributed by atoms with Gasteiger partial charge in [-0.2, -0.15) is 5.26 Å². The fraction of sp³-hybridized carbons (Fsp3) is 0.269. The maximum absolute atomic E-state index is 12.6. The molecule has 152 valence electrons. The monoisotopic (exact) mass is 399 g/mol. The molecule has 0 saturated carbocycles. The molecule has 1 aliphatic rings. The molecule has 0 spiro atoms. The van der Waals surface area contributed by atoms with E-state index in [-0.39, 0.29) is 17.7 Å². The fourth-order valence-electron chi connectivity index (χ4n) is 3.67. The van der Waals surface area contributed by atoms with Crippen molar-refractivity contribution in [2.45, 2.75) is 46.1 Å². The topological polar surface area (TPSA) is 67.2 Å². The van der Waals surface area contributed by atoms with E-state index in [4.69, 9.17) is 4.74 Å². The molecule has 1 aliphatic carbocycles. The third kappa shape index (κ3) is 4.93.